The first-order chi connectivity index (χ1) is 7.31. The minimum Gasteiger partial charge on any atom is -0.338 e. The molecule has 80 valence electrons. The number of likely N-dealkylation sites (tertiary alicyclic amines) is 1. The molecule has 1 amide bonds. The fourth-order valence-corrected chi connectivity index (χ4v) is 1.88. The van der Waals surface area contributed by atoms with E-state index in [0.29, 0.717) is 18.0 Å². The van der Waals surface area contributed by atoms with E-state index in [1.165, 1.54) is 0 Å². The Labute approximate surface area is 89.1 Å². The zero-order valence-corrected chi connectivity index (χ0v) is 8.60. The van der Waals surface area contributed by atoms with Crippen molar-refractivity contribution in [3.05, 3.63) is 30.1 Å². The topological polar surface area (TPSA) is 59.2 Å². The Morgan fingerprint density at radius 1 is 1.67 bits per heavy atom. The highest BCUT2D eigenvalue weighted by Gasteiger charge is 2.25. The average molecular weight is 205 g/mol. The van der Waals surface area contributed by atoms with Crippen LogP contribution in [0.25, 0.3) is 0 Å². The molecule has 1 unspecified atom stereocenters. The lowest BCUT2D eigenvalue weighted by Gasteiger charge is -2.15. The highest BCUT2D eigenvalue weighted by Crippen LogP contribution is 2.17. The number of pyridine rings is 1. The molecule has 0 spiro atoms. The molecule has 0 radical (unpaired) electrons. The molecule has 0 saturated carbocycles. The first kappa shape index (κ1) is 10.1. The third kappa shape index (κ3) is 2.15. The van der Waals surface area contributed by atoms with Gasteiger partial charge in [-0.3, -0.25) is 9.78 Å². The van der Waals surface area contributed by atoms with Crippen molar-refractivity contribution in [2.75, 3.05) is 19.6 Å². The number of nitrogens with zero attached hydrogens (tertiary/aromatic N) is 2. The van der Waals surface area contributed by atoms with Gasteiger partial charge < -0.3 is 10.6 Å². The van der Waals surface area contributed by atoms with Gasteiger partial charge in [-0.15, -0.1) is 0 Å². The molecule has 1 aliphatic rings. The van der Waals surface area contributed by atoms with Crippen LogP contribution in [-0.4, -0.2) is 35.4 Å². The molecule has 1 fully saturated rings. The maximum Gasteiger partial charge on any atom is 0.255 e. The minimum absolute atomic E-state index is 0.0686. The molecule has 4 heteroatoms. The lowest BCUT2D eigenvalue weighted by molar-refractivity contribution is 0.0787. The summed E-state index contributed by atoms with van der Waals surface area (Å²) in [6.07, 6.45) is 4.30. The monoisotopic (exact) mass is 205 g/mol. The summed E-state index contributed by atoms with van der Waals surface area (Å²) in [4.78, 5) is 17.8. The number of rotatable bonds is 2. The number of hydrogen-bond donors (Lipinski definition) is 1. The second-order valence-electron chi connectivity index (χ2n) is 3.88. The molecule has 2 rings (SSSR count). The SMILES string of the molecule is NCC1CCN(C(=O)c2cccnc2)C1. The van der Waals surface area contributed by atoms with Crippen molar-refractivity contribution in [3.63, 3.8) is 0 Å². The van der Waals surface area contributed by atoms with E-state index in [0.717, 1.165) is 19.5 Å². The van der Waals surface area contributed by atoms with Gasteiger partial charge in [-0.1, -0.05) is 0 Å². The summed E-state index contributed by atoms with van der Waals surface area (Å²) in [5.74, 6) is 0.532. The zero-order chi connectivity index (χ0) is 10.7. The molecule has 1 aliphatic heterocycles. The van der Waals surface area contributed by atoms with Crippen LogP contribution < -0.4 is 5.73 Å². The molecule has 0 aliphatic carbocycles. The number of carbonyl (C=O) groups excluding carboxylic acids is 1. The van der Waals surface area contributed by atoms with Crippen molar-refractivity contribution in [1.29, 1.82) is 0 Å². The predicted molar refractivity (Wildman–Crippen MR) is 57.3 cm³/mol. The molecule has 1 aromatic rings. The van der Waals surface area contributed by atoms with Gasteiger partial charge in [-0.25, -0.2) is 0 Å². The molecule has 2 N–H and O–H groups in total. The third-order valence-electron chi connectivity index (χ3n) is 2.81. The molecule has 1 atom stereocenters. The van der Waals surface area contributed by atoms with E-state index in [2.05, 4.69) is 4.98 Å². The quantitative estimate of drug-likeness (QED) is 0.765. The van der Waals surface area contributed by atoms with Gasteiger partial charge in [0, 0.05) is 25.5 Å². The smallest absolute Gasteiger partial charge is 0.255 e. The first-order valence-corrected chi connectivity index (χ1v) is 5.20. The standard InChI is InChI=1S/C11H15N3O/c12-6-9-3-5-14(8-9)11(15)10-2-1-4-13-7-10/h1-2,4,7,9H,3,5-6,8,12H2. The second kappa shape index (κ2) is 4.40. The number of amides is 1. The third-order valence-corrected chi connectivity index (χ3v) is 2.81. The number of carbonyl (C=O) groups is 1. The summed E-state index contributed by atoms with van der Waals surface area (Å²) >= 11 is 0. The molecule has 1 saturated heterocycles. The van der Waals surface area contributed by atoms with Crippen LogP contribution in [0, 0.1) is 5.92 Å². The second-order valence-corrected chi connectivity index (χ2v) is 3.88. The molecule has 15 heavy (non-hydrogen) atoms. The van der Waals surface area contributed by atoms with E-state index in [4.69, 9.17) is 5.73 Å². The summed E-state index contributed by atoms with van der Waals surface area (Å²) in [6.45, 7) is 2.26. The van der Waals surface area contributed by atoms with Gasteiger partial charge in [0.1, 0.15) is 0 Å². The highest BCUT2D eigenvalue weighted by atomic mass is 16.2. The molecule has 1 aromatic heterocycles. The van der Waals surface area contributed by atoms with E-state index in [9.17, 15) is 4.79 Å². The molecular weight excluding hydrogens is 190 g/mol. The van der Waals surface area contributed by atoms with Crippen LogP contribution in [0.3, 0.4) is 0 Å². The van der Waals surface area contributed by atoms with Crippen LogP contribution in [0.1, 0.15) is 16.8 Å². The average Bonchev–Trinajstić information content (AvgIpc) is 2.78. The Morgan fingerprint density at radius 3 is 3.13 bits per heavy atom. The Hall–Kier alpha value is -1.42. The number of aromatic nitrogens is 1. The largest absolute Gasteiger partial charge is 0.338 e. The molecule has 4 nitrogen and oxygen atoms in total. The van der Waals surface area contributed by atoms with Crippen LogP contribution in [0.4, 0.5) is 0 Å². The van der Waals surface area contributed by atoms with Crippen molar-refractivity contribution in [3.8, 4) is 0 Å². The number of hydrogen-bond acceptors (Lipinski definition) is 3. The van der Waals surface area contributed by atoms with Gasteiger partial charge in [0.2, 0.25) is 0 Å². The Morgan fingerprint density at radius 2 is 2.53 bits per heavy atom. The normalized spacial score (nSPS) is 20.6. The van der Waals surface area contributed by atoms with E-state index >= 15 is 0 Å². The fourth-order valence-electron chi connectivity index (χ4n) is 1.88. The lowest BCUT2D eigenvalue weighted by Crippen LogP contribution is -2.29. The molecular formula is C11H15N3O. The summed E-state index contributed by atoms with van der Waals surface area (Å²) < 4.78 is 0. The van der Waals surface area contributed by atoms with Gasteiger partial charge >= 0.3 is 0 Å². The zero-order valence-electron chi connectivity index (χ0n) is 8.60. The summed E-state index contributed by atoms with van der Waals surface area (Å²) in [6, 6.07) is 3.58. The molecule has 2 heterocycles. The summed E-state index contributed by atoms with van der Waals surface area (Å²) in [5.41, 5.74) is 6.25. The van der Waals surface area contributed by atoms with Gasteiger partial charge in [-0.05, 0) is 31.0 Å². The fraction of sp³-hybridized carbons (Fsp3) is 0.455. The van der Waals surface area contributed by atoms with Crippen LogP contribution in [-0.2, 0) is 0 Å². The Bertz CT molecular complexity index is 339. The number of nitrogens with two attached hydrogens (primary N) is 1. The summed E-state index contributed by atoms with van der Waals surface area (Å²) in [5, 5.41) is 0. The van der Waals surface area contributed by atoms with Crippen molar-refractivity contribution >= 4 is 5.91 Å². The summed E-state index contributed by atoms with van der Waals surface area (Å²) in [7, 11) is 0. The van der Waals surface area contributed by atoms with E-state index in [1.54, 1.807) is 24.5 Å². The van der Waals surface area contributed by atoms with Crippen molar-refractivity contribution < 1.29 is 4.79 Å². The molecule has 0 bridgehead atoms. The Kier molecular flexibility index (Phi) is 2.97. The van der Waals surface area contributed by atoms with Crippen molar-refractivity contribution in [2.24, 2.45) is 11.7 Å². The highest BCUT2D eigenvalue weighted by molar-refractivity contribution is 5.94. The van der Waals surface area contributed by atoms with Gasteiger partial charge in [0.05, 0.1) is 5.56 Å². The van der Waals surface area contributed by atoms with Crippen LogP contribution in [0.5, 0.6) is 0 Å². The first-order valence-electron chi connectivity index (χ1n) is 5.20. The van der Waals surface area contributed by atoms with Gasteiger partial charge in [-0.2, -0.15) is 0 Å². The maximum atomic E-state index is 12.0. The van der Waals surface area contributed by atoms with E-state index < -0.39 is 0 Å². The van der Waals surface area contributed by atoms with Crippen LogP contribution in [0.2, 0.25) is 0 Å². The van der Waals surface area contributed by atoms with Crippen LogP contribution >= 0.6 is 0 Å². The van der Waals surface area contributed by atoms with Crippen LogP contribution in [0.15, 0.2) is 24.5 Å². The van der Waals surface area contributed by atoms with Crippen molar-refractivity contribution in [1.82, 2.24) is 9.88 Å². The molecule has 0 aromatic carbocycles. The van der Waals surface area contributed by atoms with Gasteiger partial charge in [0.15, 0.2) is 0 Å². The minimum atomic E-state index is 0.0686. The maximum absolute atomic E-state index is 12.0. The van der Waals surface area contributed by atoms with Gasteiger partial charge in [0.25, 0.3) is 5.91 Å². The Balaban J connectivity index is 2.04. The lowest BCUT2D eigenvalue weighted by atomic mass is 10.1. The van der Waals surface area contributed by atoms with E-state index in [-0.39, 0.29) is 5.91 Å². The predicted octanol–water partition coefficient (Wildman–Crippen LogP) is 0.502. The van der Waals surface area contributed by atoms with Crippen molar-refractivity contribution in [2.45, 2.75) is 6.42 Å². The van der Waals surface area contributed by atoms with E-state index in [1.807, 2.05) is 4.90 Å².